The van der Waals surface area contributed by atoms with Crippen LogP contribution in [0, 0.1) is 0 Å². The van der Waals surface area contributed by atoms with E-state index in [1.165, 1.54) is 12.3 Å². The molecule has 4 rings (SSSR count). The molecule has 0 unspecified atom stereocenters. The average molecular weight is 608 g/mol. The molecule has 3 N–H and O–H groups in total. The monoisotopic (exact) mass is 606 g/mol. The molecule has 0 aliphatic carbocycles. The molecule has 40 heavy (non-hydrogen) atoms. The molecule has 2 aromatic carbocycles. The van der Waals surface area contributed by atoms with Crippen LogP contribution in [0.3, 0.4) is 0 Å². The van der Waals surface area contributed by atoms with Gasteiger partial charge in [-0.3, -0.25) is 9.59 Å². The maximum Gasteiger partial charge on any atom is 0.287 e. The third kappa shape index (κ3) is 8.82. The Hall–Kier alpha value is -3.37. The molecular weight excluding hydrogens is 579 g/mol. The second-order valence-electron chi connectivity index (χ2n) is 8.83. The predicted molar refractivity (Wildman–Crippen MR) is 154 cm³/mol. The summed E-state index contributed by atoms with van der Waals surface area (Å²) in [6.45, 7) is 0.968. The van der Waals surface area contributed by atoms with Gasteiger partial charge in [-0.2, -0.15) is 4.98 Å². The number of furan rings is 1. The van der Waals surface area contributed by atoms with Crippen LogP contribution in [0.2, 0.25) is 10.0 Å². The number of benzene rings is 2. The zero-order valence-corrected chi connectivity index (χ0v) is 23.8. The Kier molecular flexibility index (Phi) is 12.0. The number of ether oxygens (including phenoxy) is 1. The minimum Gasteiger partial charge on any atom is -0.493 e. The van der Waals surface area contributed by atoms with Crippen molar-refractivity contribution in [3.05, 3.63) is 99.5 Å². The molecule has 2 aromatic heterocycles. The minimum atomic E-state index is -0.833. The van der Waals surface area contributed by atoms with Gasteiger partial charge in [0.2, 0.25) is 17.5 Å². The number of nitrogens with zero attached hydrogens (tertiary/aromatic N) is 2. The number of Topliss-reactive ketones (excluding diaryl/α,β-unsaturated/α-hetero) is 1. The van der Waals surface area contributed by atoms with Crippen LogP contribution >= 0.6 is 35.6 Å². The number of rotatable bonds is 14. The fraction of sp³-hybridized carbons (Fsp3) is 0.286. The highest BCUT2D eigenvalue weighted by Gasteiger charge is 2.27. The molecule has 0 saturated heterocycles. The number of ketones is 1. The molecule has 1 atom stereocenters. The second-order valence-corrected chi connectivity index (χ2v) is 9.65. The quantitative estimate of drug-likeness (QED) is 0.137. The lowest BCUT2D eigenvalue weighted by Gasteiger charge is -2.15. The highest BCUT2D eigenvalue weighted by atomic mass is 35.5. The molecule has 12 heteroatoms. The van der Waals surface area contributed by atoms with E-state index in [1.54, 1.807) is 12.1 Å². The average Bonchev–Trinajstić information content (AvgIpc) is 3.64. The Balaban J connectivity index is 0.00000441. The first-order valence-corrected chi connectivity index (χ1v) is 13.3. The number of carbonyl (C=O) groups excluding carboxylic acids is 2. The third-order valence-corrected chi connectivity index (χ3v) is 6.66. The van der Waals surface area contributed by atoms with Gasteiger partial charge in [-0.15, -0.1) is 12.4 Å². The first kappa shape index (κ1) is 31.2. The maximum absolute atomic E-state index is 13.1. The van der Waals surface area contributed by atoms with Crippen LogP contribution in [-0.2, 0) is 12.8 Å². The summed E-state index contributed by atoms with van der Waals surface area (Å²) in [5.74, 6) is 0.0891. The summed E-state index contributed by atoms with van der Waals surface area (Å²) in [4.78, 5) is 29.8. The van der Waals surface area contributed by atoms with E-state index in [9.17, 15) is 9.59 Å². The van der Waals surface area contributed by atoms with Gasteiger partial charge in [-0.25, -0.2) is 0 Å². The SMILES string of the molecule is Cl.NCCCC[C@H](NC(=O)c1ccco1)C(=O)c1noc(Cc2ccc(OCCc3ccc(Cl)c(Cl)c3)cc2)n1. The lowest BCUT2D eigenvalue weighted by Crippen LogP contribution is -2.41. The van der Waals surface area contributed by atoms with Crippen LogP contribution in [0.25, 0.3) is 0 Å². The molecule has 0 aliphatic heterocycles. The fourth-order valence-corrected chi connectivity index (χ4v) is 4.16. The molecule has 4 aromatic rings. The minimum absolute atomic E-state index is 0. The number of unbranched alkanes of at least 4 members (excludes halogenated alkanes) is 1. The van der Waals surface area contributed by atoms with Crippen LogP contribution in [0.4, 0.5) is 0 Å². The lowest BCUT2D eigenvalue weighted by atomic mass is 10.0. The number of hydrogen-bond donors (Lipinski definition) is 2. The van der Waals surface area contributed by atoms with Crippen molar-refractivity contribution in [3.63, 3.8) is 0 Å². The van der Waals surface area contributed by atoms with E-state index in [4.69, 9.17) is 42.6 Å². The summed E-state index contributed by atoms with van der Waals surface area (Å²) in [7, 11) is 0. The summed E-state index contributed by atoms with van der Waals surface area (Å²) in [6, 6.07) is 15.3. The van der Waals surface area contributed by atoms with Crippen LogP contribution < -0.4 is 15.8 Å². The van der Waals surface area contributed by atoms with E-state index in [0.717, 1.165) is 11.1 Å². The molecule has 212 valence electrons. The van der Waals surface area contributed by atoms with Gasteiger partial charge in [-0.05, 0) is 73.3 Å². The Morgan fingerprint density at radius 1 is 1.02 bits per heavy atom. The van der Waals surface area contributed by atoms with Gasteiger partial charge in [0.25, 0.3) is 5.91 Å². The van der Waals surface area contributed by atoms with E-state index in [1.807, 2.05) is 36.4 Å². The standard InChI is InChI=1S/C28H28Cl2N4O5.ClH/c29-21-11-8-19(16-22(21)30)12-15-37-20-9-6-18(7-10-20)17-25-33-27(34-39-25)26(35)23(4-1-2-13-31)32-28(36)24-5-3-14-38-24;/h3,5-11,14,16,23H,1-2,4,12-13,15,17,31H2,(H,32,36);1H/t23-;/m0./s1. The van der Waals surface area contributed by atoms with Crippen LogP contribution in [0.15, 0.2) is 69.8 Å². The summed E-state index contributed by atoms with van der Waals surface area (Å²) in [5, 5.41) is 7.60. The number of aromatic nitrogens is 2. The molecule has 9 nitrogen and oxygen atoms in total. The van der Waals surface area contributed by atoms with Crippen molar-refractivity contribution < 1.29 is 23.3 Å². The van der Waals surface area contributed by atoms with Gasteiger partial charge in [0, 0.05) is 6.42 Å². The van der Waals surface area contributed by atoms with Gasteiger partial charge in [-0.1, -0.05) is 46.6 Å². The lowest BCUT2D eigenvalue weighted by molar-refractivity contribution is 0.0828. The van der Waals surface area contributed by atoms with E-state index in [2.05, 4.69) is 15.5 Å². The molecule has 0 bridgehead atoms. The van der Waals surface area contributed by atoms with E-state index in [0.29, 0.717) is 61.1 Å². The topological polar surface area (TPSA) is 133 Å². The number of amides is 1. The molecule has 0 saturated carbocycles. The van der Waals surface area contributed by atoms with Gasteiger partial charge < -0.3 is 24.7 Å². The van der Waals surface area contributed by atoms with Crippen molar-refractivity contribution in [1.29, 1.82) is 0 Å². The Morgan fingerprint density at radius 2 is 1.80 bits per heavy atom. The largest absolute Gasteiger partial charge is 0.493 e. The van der Waals surface area contributed by atoms with Crippen molar-refractivity contribution in [2.24, 2.45) is 5.73 Å². The predicted octanol–water partition coefficient (Wildman–Crippen LogP) is 5.71. The summed E-state index contributed by atoms with van der Waals surface area (Å²) >= 11 is 12.0. The molecule has 1 amide bonds. The summed E-state index contributed by atoms with van der Waals surface area (Å²) < 4.78 is 16.3. The van der Waals surface area contributed by atoms with Crippen molar-refractivity contribution in [2.75, 3.05) is 13.2 Å². The van der Waals surface area contributed by atoms with Crippen LogP contribution in [0.5, 0.6) is 5.75 Å². The van der Waals surface area contributed by atoms with Gasteiger partial charge in [0.15, 0.2) is 5.76 Å². The summed E-state index contributed by atoms with van der Waals surface area (Å²) in [6.07, 6.45) is 4.17. The van der Waals surface area contributed by atoms with Crippen molar-refractivity contribution in [3.8, 4) is 5.75 Å². The highest BCUT2D eigenvalue weighted by Crippen LogP contribution is 2.23. The molecule has 0 spiro atoms. The number of nitrogens with two attached hydrogens (primary N) is 1. The Morgan fingerprint density at radius 3 is 2.50 bits per heavy atom. The zero-order chi connectivity index (χ0) is 27.6. The van der Waals surface area contributed by atoms with E-state index in [-0.39, 0.29) is 29.9 Å². The molecular formula is C28H29Cl3N4O5. The van der Waals surface area contributed by atoms with Crippen molar-refractivity contribution >= 4 is 47.3 Å². The zero-order valence-electron chi connectivity index (χ0n) is 21.5. The smallest absolute Gasteiger partial charge is 0.287 e. The molecule has 0 aliphatic rings. The Bertz CT molecular complexity index is 1380. The van der Waals surface area contributed by atoms with Crippen molar-refractivity contribution in [1.82, 2.24) is 15.5 Å². The fourth-order valence-electron chi connectivity index (χ4n) is 3.84. The number of carbonyl (C=O) groups is 2. The van der Waals surface area contributed by atoms with Gasteiger partial charge in [0.1, 0.15) is 5.75 Å². The van der Waals surface area contributed by atoms with Gasteiger partial charge in [0.05, 0.1) is 35.4 Å². The van der Waals surface area contributed by atoms with Crippen LogP contribution in [0.1, 0.15) is 57.5 Å². The number of hydrogen-bond acceptors (Lipinski definition) is 8. The molecule has 0 radical (unpaired) electrons. The molecule has 2 heterocycles. The normalized spacial score (nSPS) is 11.5. The van der Waals surface area contributed by atoms with Gasteiger partial charge >= 0.3 is 0 Å². The van der Waals surface area contributed by atoms with Crippen LogP contribution in [-0.4, -0.2) is 41.0 Å². The van der Waals surface area contributed by atoms with E-state index >= 15 is 0 Å². The second kappa shape index (κ2) is 15.4. The van der Waals surface area contributed by atoms with Crippen molar-refractivity contribution in [2.45, 2.75) is 38.1 Å². The first-order chi connectivity index (χ1) is 18.9. The highest BCUT2D eigenvalue weighted by molar-refractivity contribution is 6.42. The number of halogens is 3. The molecule has 0 fully saturated rings. The number of nitrogens with one attached hydrogen (secondary N) is 1. The maximum atomic E-state index is 13.1. The summed E-state index contributed by atoms with van der Waals surface area (Å²) in [5.41, 5.74) is 7.52. The first-order valence-electron chi connectivity index (χ1n) is 12.5. The van der Waals surface area contributed by atoms with E-state index < -0.39 is 17.7 Å². The Labute approximate surface area is 247 Å². The third-order valence-electron chi connectivity index (χ3n) is 5.92.